The molecule has 0 radical (unpaired) electrons. The maximum absolute atomic E-state index is 12.1. The maximum Gasteiger partial charge on any atom is 0.237 e. The highest BCUT2D eigenvalue weighted by Crippen LogP contribution is 2.35. The average molecular weight is 377 g/mol. The second-order valence-electron chi connectivity index (χ2n) is 6.15. The molecule has 0 aromatic heterocycles. The molecular formula is C17H21BrN4O. The van der Waals surface area contributed by atoms with E-state index in [-0.39, 0.29) is 11.9 Å². The fourth-order valence-corrected chi connectivity index (χ4v) is 3.78. The van der Waals surface area contributed by atoms with E-state index < -0.39 is 0 Å². The van der Waals surface area contributed by atoms with E-state index in [0.717, 1.165) is 36.8 Å². The number of amides is 1. The molecule has 23 heavy (non-hydrogen) atoms. The number of nitrogens with one attached hydrogen (secondary N) is 2. The van der Waals surface area contributed by atoms with Crippen LogP contribution in [0.5, 0.6) is 0 Å². The zero-order valence-electron chi connectivity index (χ0n) is 13.0. The fourth-order valence-electron chi connectivity index (χ4n) is 3.41. The number of nitriles is 1. The molecule has 3 rings (SSSR count). The molecule has 122 valence electrons. The zero-order chi connectivity index (χ0) is 16.2. The predicted octanol–water partition coefficient (Wildman–Crippen LogP) is 2.45. The Morgan fingerprint density at radius 3 is 3.22 bits per heavy atom. The lowest BCUT2D eigenvalue weighted by molar-refractivity contribution is -0.130. The number of likely N-dealkylation sites (tertiary alicyclic amines) is 1. The van der Waals surface area contributed by atoms with Crippen molar-refractivity contribution in [3.8, 4) is 6.07 Å². The van der Waals surface area contributed by atoms with E-state index in [1.807, 2.05) is 6.07 Å². The van der Waals surface area contributed by atoms with Crippen LogP contribution >= 0.6 is 15.9 Å². The molecule has 6 heteroatoms. The van der Waals surface area contributed by atoms with Crippen LogP contribution in [0, 0.1) is 11.3 Å². The molecule has 1 aromatic rings. The van der Waals surface area contributed by atoms with Gasteiger partial charge in [-0.25, -0.2) is 0 Å². The summed E-state index contributed by atoms with van der Waals surface area (Å²) in [4.78, 5) is 13.9. The molecule has 2 unspecified atom stereocenters. The number of hydrogen-bond acceptors (Lipinski definition) is 4. The summed E-state index contributed by atoms with van der Waals surface area (Å²) in [6.45, 7) is 2.79. The van der Waals surface area contributed by atoms with Crippen LogP contribution in [0.15, 0.2) is 22.7 Å². The molecule has 2 atom stereocenters. The van der Waals surface area contributed by atoms with Crippen molar-refractivity contribution in [2.45, 2.75) is 31.2 Å². The molecule has 0 spiro atoms. The highest BCUT2D eigenvalue weighted by atomic mass is 79.9. The number of rotatable bonds is 5. The Kier molecular flexibility index (Phi) is 5.19. The Labute approximate surface area is 145 Å². The van der Waals surface area contributed by atoms with E-state index in [9.17, 15) is 4.79 Å². The fraction of sp³-hybridized carbons (Fsp3) is 0.529. The summed E-state index contributed by atoms with van der Waals surface area (Å²) in [6, 6.07) is 8.31. The van der Waals surface area contributed by atoms with Crippen molar-refractivity contribution in [3.05, 3.63) is 28.2 Å². The van der Waals surface area contributed by atoms with Crippen molar-refractivity contribution in [1.82, 2.24) is 10.2 Å². The second kappa shape index (κ2) is 7.33. The molecule has 1 aromatic carbocycles. The number of nitrogens with zero attached hydrogens (tertiary/aromatic N) is 2. The summed E-state index contributed by atoms with van der Waals surface area (Å²) in [6.07, 6.45) is 2.73. The molecule has 2 aliphatic heterocycles. The Bertz CT molecular complexity index is 628. The molecule has 2 heterocycles. The minimum Gasteiger partial charge on any atom is -0.384 e. The summed E-state index contributed by atoms with van der Waals surface area (Å²) in [7, 11) is 0. The number of hydrogen-bond donors (Lipinski definition) is 2. The lowest BCUT2D eigenvalue weighted by atomic mass is 9.98. The van der Waals surface area contributed by atoms with Gasteiger partial charge >= 0.3 is 0 Å². The number of carbonyl (C=O) groups excluding carboxylic acids is 1. The maximum atomic E-state index is 12.1. The first-order valence-electron chi connectivity index (χ1n) is 8.12. The summed E-state index contributed by atoms with van der Waals surface area (Å²) >= 11 is 3.52. The van der Waals surface area contributed by atoms with Gasteiger partial charge in [0.05, 0.1) is 12.6 Å². The third-order valence-electron chi connectivity index (χ3n) is 4.66. The van der Waals surface area contributed by atoms with E-state index in [1.54, 1.807) is 4.90 Å². The molecule has 1 amide bonds. The molecule has 1 fully saturated rings. The number of anilines is 1. The van der Waals surface area contributed by atoms with Gasteiger partial charge in [-0.1, -0.05) is 15.9 Å². The van der Waals surface area contributed by atoms with Gasteiger partial charge in [0, 0.05) is 29.2 Å². The van der Waals surface area contributed by atoms with Crippen LogP contribution in [-0.2, 0) is 4.79 Å². The van der Waals surface area contributed by atoms with Crippen LogP contribution in [0.25, 0.3) is 0 Å². The van der Waals surface area contributed by atoms with Crippen LogP contribution < -0.4 is 10.6 Å². The predicted molar refractivity (Wildman–Crippen MR) is 93.2 cm³/mol. The van der Waals surface area contributed by atoms with Crippen LogP contribution in [-0.4, -0.2) is 43.0 Å². The normalized spacial score (nSPS) is 22.5. The Morgan fingerprint density at radius 1 is 1.52 bits per heavy atom. The highest BCUT2D eigenvalue weighted by molar-refractivity contribution is 9.10. The quantitative estimate of drug-likeness (QED) is 0.774. The van der Waals surface area contributed by atoms with Gasteiger partial charge in [-0.05, 0) is 49.6 Å². The first-order valence-corrected chi connectivity index (χ1v) is 8.91. The average Bonchev–Trinajstić information content (AvgIpc) is 3.18. The summed E-state index contributed by atoms with van der Waals surface area (Å²) in [5, 5.41) is 15.7. The summed E-state index contributed by atoms with van der Waals surface area (Å²) in [5.74, 6) is 0.519. The lowest BCUT2D eigenvalue weighted by Gasteiger charge is -2.20. The molecule has 0 aliphatic carbocycles. The van der Waals surface area contributed by atoms with Crippen molar-refractivity contribution >= 4 is 27.5 Å². The SMILES string of the molecule is N#CC1CCCN1C(=O)CNCCC1CNc2ccc(Br)cc21. The minimum absolute atomic E-state index is 0.0433. The van der Waals surface area contributed by atoms with Crippen molar-refractivity contribution < 1.29 is 4.79 Å². The van der Waals surface area contributed by atoms with Crippen molar-refractivity contribution in [2.24, 2.45) is 0 Å². The number of carbonyl (C=O) groups is 1. The molecule has 2 aliphatic rings. The van der Waals surface area contributed by atoms with Crippen LogP contribution in [0.2, 0.25) is 0 Å². The van der Waals surface area contributed by atoms with E-state index in [0.29, 0.717) is 19.0 Å². The smallest absolute Gasteiger partial charge is 0.237 e. The molecule has 0 bridgehead atoms. The zero-order valence-corrected chi connectivity index (χ0v) is 14.6. The molecular weight excluding hydrogens is 356 g/mol. The second-order valence-corrected chi connectivity index (χ2v) is 7.06. The van der Waals surface area contributed by atoms with E-state index in [2.05, 4.69) is 44.8 Å². The van der Waals surface area contributed by atoms with Gasteiger partial charge in [0.25, 0.3) is 0 Å². The van der Waals surface area contributed by atoms with E-state index in [4.69, 9.17) is 5.26 Å². The molecule has 1 saturated heterocycles. The van der Waals surface area contributed by atoms with Crippen LogP contribution in [0.4, 0.5) is 5.69 Å². The Balaban J connectivity index is 1.44. The lowest BCUT2D eigenvalue weighted by Crippen LogP contribution is -2.40. The van der Waals surface area contributed by atoms with Gasteiger partial charge in [0.2, 0.25) is 5.91 Å². The van der Waals surface area contributed by atoms with Gasteiger partial charge in [-0.3, -0.25) is 4.79 Å². The van der Waals surface area contributed by atoms with Crippen molar-refractivity contribution in [1.29, 1.82) is 5.26 Å². The monoisotopic (exact) mass is 376 g/mol. The van der Waals surface area contributed by atoms with E-state index >= 15 is 0 Å². The van der Waals surface area contributed by atoms with Crippen LogP contribution in [0.1, 0.15) is 30.7 Å². The first-order chi connectivity index (χ1) is 11.2. The van der Waals surface area contributed by atoms with Gasteiger partial charge in [-0.15, -0.1) is 0 Å². The van der Waals surface area contributed by atoms with E-state index in [1.165, 1.54) is 11.3 Å². The standard InChI is InChI=1S/C17H21BrN4O/c18-13-3-4-16-15(8-13)12(10-21-16)5-6-20-11-17(23)22-7-1-2-14(22)9-19/h3-4,8,12,14,20-21H,1-2,5-7,10-11H2. The molecule has 2 N–H and O–H groups in total. The van der Waals surface area contributed by atoms with Crippen molar-refractivity contribution in [3.63, 3.8) is 0 Å². The molecule has 5 nitrogen and oxygen atoms in total. The van der Waals surface area contributed by atoms with Gasteiger partial charge in [-0.2, -0.15) is 5.26 Å². The summed E-state index contributed by atoms with van der Waals surface area (Å²) < 4.78 is 1.10. The van der Waals surface area contributed by atoms with Crippen LogP contribution in [0.3, 0.4) is 0 Å². The molecule has 0 saturated carbocycles. The number of fused-ring (bicyclic) bond motifs is 1. The largest absolute Gasteiger partial charge is 0.384 e. The van der Waals surface area contributed by atoms with Gasteiger partial charge in [0.15, 0.2) is 0 Å². The van der Waals surface area contributed by atoms with Crippen molar-refractivity contribution in [2.75, 3.05) is 31.5 Å². The van der Waals surface area contributed by atoms with Gasteiger partial charge < -0.3 is 15.5 Å². The third kappa shape index (κ3) is 3.67. The number of benzene rings is 1. The minimum atomic E-state index is -0.229. The Hall–Kier alpha value is -1.58. The highest BCUT2D eigenvalue weighted by Gasteiger charge is 2.28. The summed E-state index contributed by atoms with van der Waals surface area (Å²) in [5.41, 5.74) is 2.56. The topological polar surface area (TPSA) is 68.2 Å². The van der Waals surface area contributed by atoms with Gasteiger partial charge in [0.1, 0.15) is 6.04 Å². The Morgan fingerprint density at radius 2 is 2.39 bits per heavy atom. The first kappa shape index (κ1) is 16.3. The number of halogens is 1. The third-order valence-corrected chi connectivity index (χ3v) is 5.15.